The first-order chi connectivity index (χ1) is 13.5. The number of aliphatic imine (C=N–C) groups is 1. The summed E-state index contributed by atoms with van der Waals surface area (Å²) in [7, 11) is 1.78. The van der Waals surface area contributed by atoms with Gasteiger partial charge in [-0.2, -0.15) is 5.10 Å². The van der Waals surface area contributed by atoms with Crippen molar-refractivity contribution in [2.24, 2.45) is 4.99 Å². The summed E-state index contributed by atoms with van der Waals surface area (Å²) in [4.78, 5) is 9.06. The Bertz CT molecular complexity index is 911. The van der Waals surface area contributed by atoms with Crippen LogP contribution in [0.25, 0.3) is 0 Å². The SMILES string of the molecule is CN=C(NCc1csc(C(C)(C)C)n1)NCc1ccccc1Cn1cccn1.I. The quantitative estimate of drug-likeness (QED) is 0.289. The molecule has 0 aliphatic carbocycles. The van der Waals surface area contributed by atoms with Gasteiger partial charge in [0, 0.05) is 36.8 Å². The van der Waals surface area contributed by atoms with Crippen molar-refractivity contribution in [2.45, 2.75) is 45.8 Å². The van der Waals surface area contributed by atoms with Gasteiger partial charge in [-0.15, -0.1) is 35.3 Å². The van der Waals surface area contributed by atoms with Gasteiger partial charge in [-0.05, 0) is 17.2 Å². The fourth-order valence-corrected chi connectivity index (χ4v) is 3.67. The van der Waals surface area contributed by atoms with Crippen LogP contribution in [0.1, 0.15) is 42.6 Å². The highest BCUT2D eigenvalue weighted by Crippen LogP contribution is 2.25. The van der Waals surface area contributed by atoms with Crippen LogP contribution in [-0.4, -0.2) is 27.8 Å². The number of hydrogen-bond acceptors (Lipinski definition) is 4. The first-order valence-corrected chi connectivity index (χ1v) is 10.3. The molecule has 6 nitrogen and oxygen atoms in total. The molecule has 0 aliphatic heterocycles. The minimum absolute atomic E-state index is 0. The molecule has 2 heterocycles. The maximum absolute atomic E-state index is 4.73. The Morgan fingerprint density at radius 2 is 1.83 bits per heavy atom. The number of nitrogens with one attached hydrogen (secondary N) is 2. The van der Waals surface area contributed by atoms with E-state index in [4.69, 9.17) is 4.98 Å². The van der Waals surface area contributed by atoms with E-state index in [1.165, 1.54) is 11.1 Å². The van der Waals surface area contributed by atoms with Gasteiger partial charge in [0.1, 0.15) is 0 Å². The highest BCUT2D eigenvalue weighted by Gasteiger charge is 2.17. The lowest BCUT2D eigenvalue weighted by molar-refractivity contribution is 0.582. The number of benzene rings is 1. The third-order valence-electron chi connectivity index (χ3n) is 4.31. The maximum atomic E-state index is 4.73. The van der Waals surface area contributed by atoms with E-state index >= 15 is 0 Å². The molecule has 0 radical (unpaired) electrons. The van der Waals surface area contributed by atoms with Gasteiger partial charge in [0.05, 0.1) is 23.8 Å². The standard InChI is InChI=1S/C21H28N6S.HI/c1-21(2,3)19-26-18(15-28-19)13-24-20(22-4)23-12-16-8-5-6-9-17(16)14-27-11-7-10-25-27;/h5-11,15H,12-14H2,1-4H3,(H2,22,23,24);1H. The lowest BCUT2D eigenvalue weighted by Crippen LogP contribution is -2.36. The molecule has 0 fully saturated rings. The van der Waals surface area contributed by atoms with E-state index in [-0.39, 0.29) is 29.4 Å². The molecule has 3 rings (SSSR count). The van der Waals surface area contributed by atoms with E-state index in [0.717, 1.165) is 23.2 Å². The van der Waals surface area contributed by atoms with Gasteiger partial charge in [0.2, 0.25) is 0 Å². The van der Waals surface area contributed by atoms with E-state index < -0.39 is 0 Å². The molecule has 0 saturated carbocycles. The summed E-state index contributed by atoms with van der Waals surface area (Å²) < 4.78 is 1.93. The predicted molar refractivity (Wildman–Crippen MR) is 131 cm³/mol. The molecule has 0 atom stereocenters. The Labute approximate surface area is 193 Å². The number of halogens is 1. The zero-order chi connectivity index (χ0) is 20.0. The third kappa shape index (κ3) is 6.81. The van der Waals surface area contributed by atoms with E-state index in [1.54, 1.807) is 24.6 Å². The average Bonchev–Trinajstić information content (AvgIpc) is 3.34. The van der Waals surface area contributed by atoms with Gasteiger partial charge in [-0.25, -0.2) is 4.98 Å². The number of guanidine groups is 1. The summed E-state index contributed by atoms with van der Waals surface area (Å²) in [6.07, 6.45) is 3.78. The molecular weight excluding hydrogens is 495 g/mol. The topological polar surface area (TPSA) is 67.1 Å². The van der Waals surface area contributed by atoms with E-state index in [2.05, 4.69) is 71.1 Å². The molecule has 0 saturated heterocycles. The van der Waals surface area contributed by atoms with Gasteiger partial charge >= 0.3 is 0 Å². The highest BCUT2D eigenvalue weighted by molar-refractivity contribution is 14.0. The molecule has 2 aromatic heterocycles. The Balaban J connectivity index is 0.00000300. The smallest absolute Gasteiger partial charge is 0.191 e. The van der Waals surface area contributed by atoms with Crippen LogP contribution in [0.3, 0.4) is 0 Å². The average molecular weight is 524 g/mol. The van der Waals surface area contributed by atoms with Crippen molar-refractivity contribution in [1.82, 2.24) is 25.4 Å². The van der Waals surface area contributed by atoms with Crippen LogP contribution in [0.4, 0.5) is 0 Å². The second-order valence-corrected chi connectivity index (χ2v) is 8.50. The van der Waals surface area contributed by atoms with Crippen molar-refractivity contribution in [2.75, 3.05) is 7.05 Å². The van der Waals surface area contributed by atoms with Gasteiger partial charge in [0.25, 0.3) is 0 Å². The fraction of sp³-hybridized carbons (Fsp3) is 0.381. The Kier molecular flexibility index (Phi) is 8.63. The Morgan fingerprint density at radius 3 is 2.45 bits per heavy atom. The molecule has 0 spiro atoms. The van der Waals surface area contributed by atoms with E-state index in [9.17, 15) is 0 Å². The number of nitrogens with zero attached hydrogens (tertiary/aromatic N) is 4. The zero-order valence-corrected chi connectivity index (χ0v) is 20.5. The predicted octanol–water partition coefficient (Wildman–Crippen LogP) is 4.17. The van der Waals surface area contributed by atoms with Crippen LogP contribution in [0.5, 0.6) is 0 Å². The summed E-state index contributed by atoms with van der Waals surface area (Å²) in [5.74, 6) is 0.763. The zero-order valence-electron chi connectivity index (χ0n) is 17.3. The minimum Gasteiger partial charge on any atom is -0.352 e. The van der Waals surface area contributed by atoms with Crippen molar-refractivity contribution >= 4 is 41.3 Å². The molecule has 0 bridgehead atoms. The van der Waals surface area contributed by atoms with Crippen molar-refractivity contribution < 1.29 is 0 Å². The largest absolute Gasteiger partial charge is 0.352 e. The molecular formula is C21H29IN6S. The fourth-order valence-electron chi connectivity index (χ4n) is 2.76. The number of aromatic nitrogens is 3. The lowest BCUT2D eigenvalue weighted by Gasteiger charge is -2.15. The van der Waals surface area contributed by atoms with Gasteiger partial charge < -0.3 is 10.6 Å². The van der Waals surface area contributed by atoms with E-state index in [0.29, 0.717) is 13.1 Å². The maximum Gasteiger partial charge on any atom is 0.191 e. The molecule has 2 N–H and O–H groups in total. The second kappa shape index (κ2) is 10.7. The van der Waals surface area contributed by atoms with Crippen LogP contribution < -0.4 is 10.6 Å². The van der Waals surface area contributed by atoms with E-state index in [1.807, 2.05) is 16.9 Å². The summed E-state index contributed by atoms with van der Waals surface area (Å²) in [5, 5.41) is 14.3. The minimum atomic E-state index is 0. The lowest BCUT2D eigenvalue weighted by atomic mass is 9.98. The molecule has 156 valence electrons. The van der Waals surface area contributed by atoms with Gasteiger partial charge in [-0.3, -0.25) is 9.67 Å². The third-order valence-corrected chi connectivity index (χ3v) is 5.63. The number of rotatable bonds is 6. The summed E-state index contributed by atoms with van der Waals surface area (Å²) in [6, 6.07) is 10.3. The van der Waals surface area contributed by atoms with Crippen molar-refractivity contribution in [3.8, 4) is 0 Å². The highest BCUT2D eigenvalue weighted by atomic mass is 127. The van der Waals surface area contributed by atoms with Crippen LogP contribution >= 0.6 is 35.3 Å². The molecule has 29 heavy (non-hydrogen) atoms. The number of thiazole rings is 1. The Hall–Kier alpha value is -1.94. The molecule has 0 aliphatic rings. The molecule has 1 aromatic carbocycles. The van der Waals surface area contributed by atoms with Crippen molar-refractivity contribution in [1.29, 1.82) is 0 Å². The van der Waals surface area contributed by atoms with Gasteiger partial charge in [-0.1, -0.05) is 45.0 Å². The van der Waals surface area contributed by atoms with Crippen LogP contribution in [0, 0.1) is 0 Å². The molecule has 0 unspecified atom stereocenters. The summed E-state index contributed by atoms with van der Waals surface area (Å²) in [5.41, 5.74) is 3.59. The normalized spacial score (nSPS) is 11.8. The van der Waals surface area contributed by atoms with Gasteiger partial charge in [0.15, 0.2) is 5.96 Å². The first kappa shape index (κ1) is 23.3. The molecule has 8 heteroatoms. The van der Waals surface area contributed by atoms with Crippen LogP contribution in [0.2, 0.25) is 0 Å². The van der Waals surface area contributed by atoms with Crippen molar-refractivity contribution in [3.63, 3.8) is 0 Å². The molecule has 0 amide bonds. The van der Waals surface area contributed by atoms with Crippen molar-refractivity contribution in [3.05, 3.63) is 69.9 Å². The first-order valence-electron chi connectivity index (χ1n) is 9.39. The molecule has 3 aromatic rings. The Morgan fingerprint density at radius 1 is 1.10 bits per heavy atom. The number of hydrogen-bond donors (Lipinski definition) is 2. The van der Waals surface area contributed by atoms with Crippen LogP contribution in [0.15, 0.2) is 53.1 Å². The summed E-state index contributed by atoms with van der Waals surface area (Å²) >= 11 is 1.71. The van der Waals surface area contributed by atoms with Crippen LogP contribution in [-0.2, 0) is 25.0 Å². The summed E-state index contributed by atoms with van der Waals surface area (Å²) in [6.45, 7) is 8.66. The monoisotopic (exact) mass is 524 g/mol. The second-order valence-electron chi connectivity index (χ2n) is 7.65.